The molecule has 3 aliphatic rings. The third-order valence-electron chi connectivity index (χ3n) is 8.28. The van der Waals surface area contributed by atoms with Gasteiger partial charge in [-0.2, -0.15) is 0 Å². The molecule has 1 heterocycles. The number of hydrogen-bond acceptors (Lipinski definition) is 5. The van der Waals surface area contributed by atoms with Crippen molar-refractivity contribution < 1.29 is 23.1 Å². The fourth-order valence-corrected chi connectivity index (χ4v) is 7.53. The van der Waals surface area contributed by atoms with Gasteiger partial charge in [-0.05, 0) is 63.6 Å². The molecule has 3 aliphatic carbocycles. The maximum Gasteiger partial charge on any atom is 0.307 e. The van der Waals surface area contributed by atoms with Gasteiger partial charge in [0.1, 0.15) is 6.61 Å². The number of carboxylic acid groups (broad SMARTS) is 1. The molecule has 6 nitrogen and oxygen atoms in total. The zero-order chi connectivity index (χ0) is 25.4. The Morgan fingerprint density at radius 2 is 1.89 bits per heavy atom. The van der Waals surface area contributed by atoms with Crippen molar-refractivity contribution >= 4 is 15.8 Å². The summed E-state index contributed by atoms with van der Waals surface area (Å²) in [6.45, 7) is 4.77. The number of carbonyl (C=O) groups is 1. The number of hydrogen-bond donors (Lipinski definition) is 1. The summed E-state index contributed by atoms with van der Waals surface area (Å²) in [5.41, 5.74) is 6.36. The normalized spacial score (nSPS) is 25.1. The second kappa shape index (κ2) is 7.90. The van der Waals surface area contributed by atoms with Crippen LogP contribution in [0, 0.1) is 11.8 Å². The highest BCUT2D eigenvalue weighted by Crippen LogP contribution is 2.61. The third kappa shape index (κ3) is 3.72. The number of rotatable bonds is 6. The van der Waals surface area contributed by atoms with Crippen LogP contribution in [0.15, 0.2) is 59.6 Å². The fourth-order valence-electron chi connectivity index (χ4n) is 6.56. The number of fused-ring (bicyclic) bond motifs is 4. The van der Waals surface area contributed by atoms with Crippen molar-refractivity contribution in [3.8, 4) is 5.88 Å². The van der Waals surface area contributed by atoms with Gasteiger partial charge < -0.3 is 9.84 Å². The molecule has 0 spiro atoms. The van der Waals surface area contributed by atoms with Gasteiger partial charge in [0.05, 0.1) is 10.8 Å². The summed E-state index contributed by atoms with van der Waals surface area (Å²) in [4.78, 5) is 16.2. The summed E-state index contributed by atoms with van der Waals surface area (Å²) in [5.74, 6) is -0.141. The number of benzene rings is 2. The largest absolute Gasteiger partial charge is 0.481 e. The first kappa shape index (κ1) is 23.2. The van der Waals surface area contributed by atoms with E-state index in [2.05, 4.69) is 37.0 Å². The average Bonchev–Trinajstić information content (AvgIpc) is 3.32. The monoisotopic (exact) mass is 503 g/mol. The van der Waals surface area contributed by atoms with Crippen molar-refractivity contribution in [1.29, 1.82) is 0 Å². The molecule has 6 rings (SSSR count). The van der Waals surface area contributed by atoms with Gasteiger partial charge in [-0.15, -0.1) is 0 Å². The van der Waals surface area contributed by atoms with Crippen LogP contribution in [0.4, 0.5) is 0 Å². The van der Waals surface area contributed by atoms with Crippen molar-refractivity contribution in [2.45, 2.75) is 55.4 Å². The molecule has 1 N–H and O–H groups in total. The lowest BCUT2D eigenvalue weighted by Crippen LogP contribution is -2.13. The van der Waals surface area contributed by atoms with Gasteiger partial charge >= 0.3 is 5.97 Å². The first-order valence-electron chi connectivity index (χ1n) is 12.3. The lowest BCUT2D eigenvalue weighted by Gasteiger charge is -2.20. The molecule has 186 valence electrons. The number of pyridine rings is 1. The van der Waals surface area contributed by atoms with Crippen LogP contribution in [0.2, 0.25) is 0 Å². The van der Waals surface area contributed by atoms with E-state index in [9.17, 15) is 18.3 Å². The molecular formula is C29H29NO5S. The third-order valence-corrected chi connectivity index (χ3v) is 9.45. The first-order valence-corrected chi connectivity index (χ1v) is 14.2. The van der Waals surface area contributed by atoms with Gasteiger partial charge in [-0.25, -0.2) is 13.4 Å². The predicted molar refractivity (Wildman–Crippen MR) is 135 cm³/mol. The molecule has 0 bridgehead atoms. The number of aliphatic carboxylic acids is 1. The highest BCUT2D eigenvalue weighted by molar-refractivity contribution is 7.90. The molecule has 1 fully saturated rings. The van der Waals surface area contributed by atoms with E-state index >= 15 is 0 Å². The van der Waals surface area contributed by atoms with Crippen molar-refractivity contribution in [2.75, 3.05) is 6.26 Å². The van der Waals surface area contributed by atoms with Gasteiger partial charge in [0.25, 0.3) is 0 Å². The Kier molecular flexibility index (Phi) is 5.10. The van der Waals surface area contributed by atoms with Crippen molar-refractivity contribution in [3.05, 3.63) is 88.1 Å². The first-order chi connectivity index (χ1) is 17.0. The van der Waals surface area contributed by atoms with Crippen molar-refractivity contribution in [3.63, 3.8) is 0 Å². The highest BCUT2D eigenvalue weighted by Gasteiger charge is 2.60. The molecule has 36 heavy (non-hydrogen) atoms. The van der Waals surface area contributed by atoms with Gasteiger partial charge in [-0.1, -0.05) is 50.2 Å². The lowest BCUT2D eigenvalue weighted by molar-refractivity contribution is -0.139. The molecule has 1 aromatic heterocycles. The predicted octanol–water partition coefficient (Wildman–Crippen LogP) is 4.85. The number of carboxylic acids is 1. The Bertz CT molecular complexity index is 1510. The van der Waals surface area contributed by atoms with Crippen LogP contribution in [0.3, 0.4) is 0 Å². The minimum absolute atomic E-state index is 0.00657. The van der Waals surface area contributed by atoms with E-state index in [1.807, 2.05) is 18.2 Å². The molecule has 3 aromatic rings. The van der Waals surface area contributed by atoms with Crippen LogP contribution in [0.1, 0.15) is 65.5 Å². The second-order valence-electron chi connectivity index (χ2n) is 11.1. The second-order valence-corrected chi connectivity index (χ2v) is 13.1. The molecule has 0 amide bonds. The van der Waals surface area contributed by atoms with E-state index in [0.717, 1.165) is 40.7 Å². The number of nitrogens with zero attached hydrogens (tertiary/aromatic N) is 1. The Balaban J connectivity index is 1.25. The molecular weight excluding hydrogens is 474 g/mol. The summed E-state index contributed by atoms with van der Waals surface area (Å²) in [6.07, 6.45) is 4.66. The number of sulfone groups is 1. The van der Waals surface area contributed by atoms with Crippen LogP contribution in [0.25, 0.3) is 0 Å². The number of aromatic nitrogens is 1. The average molecular weight is 504 g/mol. The van der Waals surface area contributed by atoms with Crippen LogP contribution in [-0.2, 0) is 33.1 Å². The molecule has 0 aliphatic heterocycles. The van der Waals surface area contributed by atoms with Gasteiger partial charge in [0, 0.05) is 30.4 Å². The van der Waals surface area contributed by atoms with E-state index in [0.29, 0.717) is 17.4 Å². The molecule has 0 saturated heterocycles. The summed E-state index contributed by atoms with van der Waals surface area (Å²) >= 11 is 0. The van der Waals surface area contributed by atoms with E-state index in [1.165, 1.54) is 11.8 Å². The van der Waals surface area contributed by atoms with Crippen molar-refractivity contribution in [2.24, 2.45) is 11.8 Å². The molecule has 7 heteroatoms. The molecule has 1 unspecified atom stereocenters. The van der Waals surface area contributed by atoms with Gasteiger partial charge in [-0.3, -0.25) is 4.79 Å². The van der Waals surface area contributed by atoms with Gasteiger partial charge in [0.15, 0.2) is 9.84 Å². The zero-order valence-corrected chi connectivity index (χ0v) is 21.4. The minimum atomic E-state index is -3.35. The zero-order valence-electron chi connectivity index (χ0n) is 20.6. The van der Waals surface area contributed by atoms with Crippen LogP contribution < -0.4 is 4.74 Å². The summed E-state index contributed by atoms with van der Waals surface area (Å²) in [7, 11) is -3.35. The van der Waals surface area contributed by atoms with Gasteiger partial charge in [0.2, 0.25) is 5.88 Å². The highest BCUT2D eigenvalue weighted by atomic mass is 32.2. The summed E-state index contributed by atoms with van der Waals surface area (Å²) < 4.78 is 31.1. The minimum Gasteiger partial charge on any atom is -0.481 e. The standard InChI is InChI=1S/C29H29NO5S/c1-29(2)13-21(18-6-4-5-7-24(18)36(3,33)34)19-10-16(8-9-23(19)29)15-35-25-12-17-11-20-26(22(17)14-30-25)27(20)28(31)32/h4-10,12,14,20-21,26-27H,11,13,15H2,1-3H3,(H,31,32)/t20-,21?,26-,27+/m1/s1. The molecule has 2 aromatic carbocycles. The maximum absolute atomic E-state index is 12.5. The maximum atomic E-state index is 12.5. The molecule has 0 radical (unpaired) electrons. The van der Waals surface area contributed by atoms with E-state index in [1.54, 1.807) is 18.3 Å². The Morgan fingerprint density at radius 3 is 2.64 bits per heavy atom. The van der Waals surface area contributed by atoms with E-state index in [-0.39, 0.29) is 29.1 Å². The quantitative estimate of drug-likeness (QED) is 0.517. The lowest BCUT2D eigenvalue weighted by atomic mass is 9.85. The smallest absolute Gasteiger partial charge is 0.307 e. The van der Waals surface area contributed by atoms with E-state index in [4.69, 9.17) is 4.74 Å². The summed E-state index contributed by atoms with van der Waals surface area (Å²) in [6, 6.07) is 15.6. The fraction of sp³-hybridized carbons (Fsp3) is 0.379. The summed E-state index contributed by atoms with van der Waals surface area (Å²) in [5, 5.41) is 9.32. The van der Waals surface area contributed by atoms with Crippen molar-refractivity contribution in [1.82, 2.24) is 4.98 Å². The van der Waals surface area contributed by atoms with E-state index < -0.39 is 15.8 Å². The van der Waals surface area contributed by atoms with Crippen LogP contribution in [0.5, 0.6) is 5.88 Å². The topological polar surface area (TPSA) is 93.6 Å². The molecule has 4 atom stereocenters. The van der Waals surface area contributed by atoms with Crippen LogP contribution in [-0.4, -0.2) is 30.7 Å². The SMILES string of the molecule is CC1(C)CC(c2ccccc2S(C)(=O)=O)c2cc(COc3cc4c(cn3)[C@H]3[C@@H](C4)[C@@H]3C(=O)O)ccc21. The Hall–Kier alpha value is -3.19. The van der Waals surface area contributed by atoms with Crippen LogP contribution >= 0.6 is 0 Å². The Labute approximate surface area is 211 Å². The molecule has 1 saturated carbocycles. The number of ether oxygens (including phenoxy) is 1. The Morgan fingerprint density at radius 1 is 1.11 bits per heavy atom.